The van der Waals surface area contributed by atoms with Gasteiger partial charge >= 0.3 is 0 Å². The molecule has 0 aliphatic carbocycles. The Kier molecular flexibility index (Phi) is 6.56. The smallest absolute Gasteiger partial charge is 0.226 e. The number of nitrogens with zero attached hydrogens (tertiary/aromatic N) is 1. The van der Waals surface area contributed by atoms with Crippen LogP contribution >= 0.6 is 0 Å². The summed E-state index contributed by atoms with van der Waals surface area (Å²) in [6.07, 6.45) is 1.59. The first-order valence-electron chi connectivity index (χ1n) is 10.8. The van der Waals surface area contributed by atoms with Crippen LogP contribution in [-0.4, -0.2) is 24.5 Å². The average molecular weight is 416 g/mol. The zero-order valence-corrected chi connectivity index (χ0v) is 18.2. The fraction of sp³-hybridized carbons (Fsp3) is 0.296. The molecule has 3 aromatic carbocycles. The number of hydrogen-bond donors (Lipinski definition) is 0. The number of carbonyl (C=O) groups is 1. The summed E-state index contributed by atoms with van der Waals surface area (Å²) in [5, 5.41) is 0. The minimum Gasteiger partial charge on any atom is -0.493 e. The summed E-state index contributed by atoms with van der Waals surface area (Å²) in [7, 11) is 1.65. The molecular formula is C27H29NO3. The van der Waals surface area contributed by atoms with Crippen LogP contribution in [0.15, 0.2) is 78.9 Å². The Morgan fingerprint density at radius 2 is 1.65 bits per heavy atom. The van der Waals surface area contributed by atoms with Crippen molar-refractivity contribution in [2.75, 3.05) is 13.7 Å². The lowest BCUT2D eigenvalue weighted by Crippen LogP contribution is -2.30. The number of hydrogen-bond acceptors (Lipinski definition) is 3. The van der Waals surface area contributed by atoms with Crippen molar-refractivity contribution in [3.05, 3.63) is 95.6 Å². The van der Waals surface area contributed by atoms with Crippen LogP contribution < -0.4 is 9.47 Å². The van der Waals surface area contributed by atoms with Gasteiger partial charge in [0.05, 0.1) is 13.2 Å². The first-order chi connectivity index (χ1) is 15.2. The first-order valence-corrected chi connectivity index (χ1v) is 10.8. The Hall–Kier alpha value is -3.27. The topological polar surface area (TPSA) is 38.8 Å². The Morgan fingerprint density at radius 3 is 2.35 bits per heavy atom. The third-order valence-corrected chi connectivity index (χ3v) is 6.05. The van der Waals surface area contributed by atoms with E-state index in [2.05, 4.69) is 19.1 Å². The molecule has 0 spiro atoms. The normalized spacial score (nSPS) is 16.9. The number of methoxy groups -OCH3 is 1. The number of ether oxygens (including phenoxy) is 2. The van der Waals surface area contributed by atoms with Crippen LogP contribution in [0, 0.1) is 5.92 Å². The van der Waals surface area contributed by atoms with Gasteiger partial charge in [-0.2, -0.15) is 0 Å². The van der Waals surface area contributed by atoms with Crippen LogP contribution in [0.4, 0.5) is 0 Å². The summed E-state index contributed by atoms with van der Waals surface area (Å²) in [6, 6.07) is 26.4. The van der Waals surface area contributed by atoms with E-state index in [9.17, 15) is 4.79 Å². The number of carbonyl (C=O) groups excluding carboxylic acids is 1. The Morgan fingerprint density at radius 1 is 0.935 bits per heavy atom. The van der Waals surface area contributed by atoms with Gasteiger partial charge in [-0.15, -0.1) is 0 Å². The highest BCUT2D eigenvalue weighted by Crippen LogP contribution is 2.33. The molecule has 31 heavy (non-hydrogen) atoms. The Bertz CT molecular complexity index is 1000. The van der Waals surface area contributed by atoms with Crippen molar-refractivity contribution in [3.8, 4) is 11.5 Å². The summed E-state index contributed by atoms with van der Waals surface area (Å²) in [5.74, 6) is 1.66. The molecule has 1 aliphatic heterocycles. The van der Waals surface area contributed by atoms with Crippen LogP contribution in [0.3, 0.4) is 0 Å². The van der Waals surface area contributed by atoms with E-state index in [1.54, 1.807) is 7.11 Å². The zero-order chi connectivity index (χ0) is 21.6. The van der Waals surface area contributed by atoms with Gasteiger partial charge in [0, 0.05) is 12.5 Å². The highest BCUT2D eigenvalue weighted by molar-refractivity contribution is 5.81. The van der Waals surface area contributed by atoms with Crippen molar-refractivity contribution in [1.82, 2.24) is 4.90 Å². The number of benzene rings is 3. The molecule has 4 rings (SSSR count). The molecule has 4 heteroatoms. The lowest BCUT2D eigenvalue weighted by molar-refractivity contribution is -0.132. The second-order valence-corrected chi connectivity index (χ2v) is 8.07. The van der Waals surface area contributed by atoms with Crippen LogP contribution in [0.5, 0.6) is 11.5 Å². The van der Waals surface area contributed by atoms with Gasteiger partial charge in [-0.1, -0.05) is 66.7 Å². The molecule has 4 nitrogen and oxygen atoms in total. The molecule has 0 bridgehead atoms. The second-order valence-electron chi connectivity index (χ2n) is 8.07. The van der Waals surface area contributed by atoms with Gasteiger partial charge in [0.2, 0.25) is 5.91 Å². The third kappa shape index (κ3) is 4.91. The standard InChI is InChI=1S/C27H29NO3/c1-20(23-11-7-4-8-12-23)28-16-15-24(27(28)29)17-22-13-14-25(26(18-22)30-2)31-19-21-9-5-3-6-10-21/h3-14,18,20,24H,15-17,19H2,1-2H3/t20-,24+/m0/s1. The average Bonchev–Trinajstić information content (AvgIpc) is 3.18. The fourth-order valence-corrected chi connectivity index (χ4v) is 4.23. The van der Waals surface area contributed by atoms with E-state index >= 15 is 0 Å². The molecular weight excluding hydrogens is 386 g/mol. The van der Waals surface area contributed by atoms with E-state index < -0.39 is 0 Å². The minimum absolute atomic E-state index is 0.00644. The molecule has 0 aromatic heterocycles. The maximum atomic E-state index is 13.1. The van der Waals surface area contributed by atoms with Crippen LogP contribution in [0.1, 0.15) is 36.1 Å². The molecule has 0 radical (unpaired) electrons. The molecule has 0 unspecified atom stereocenters. The van der Waals surface area contributed by atoms with Gasteiger partial charge in [-0.3, -0.25) is 4.79 Å². The molecule has 1 saturated heterocycles. The number of rotatable bonds is 8. The van der Waals surface area contributed by atoms with E-state index in [0.29, 0.717) is 24.5 Å². The fourth-order valence-electron chi connectivity index (χ4n) is 4.23. The summed E-state index contributed by atoms with van der Waals surface area (Å²) < 4.78 is 11.5. The zero-order valence-electron chi connectivity index (χ0n) is 18.2. The largest absolute Gasteiger partial charge is 0.493 e. The van der Waals surface area contributed by atoms with E-state index in [4.69, 9.17) is 9.47 Å². The maximum Gasteiger partial charge on any atom is 0.226 e. The number of likely N-dealkylation sites (tertiary alicyclic amines) is 1. The summed E-state index contributed by atoms with van der Waals surface area (Å²) >= 11 is 0. The molecule has 1 fully saturated rings. The predicted octanol–water partition coefficient (Wildman–Crippen LogP) is 5.43. The maximum absolute atomic E-state index is 13.1. The molecule has 0 saturated carbocycles. The van der Waals surface area contributed by atoms with Crippen molar-refractivity contribution < 1.29 is 14.3 Å². The molecule has 3 aromatic rings. The molecule has 2 atom stereocenters. The van der Waals surface area contributed by atoms with E-state index in [1.807, 2.05) is 71.6 Å². The summed E-state index contributed by atoms with van der Waals surface area (Å²) in [6.45, 7) is 3.40. The van der Waals surface area contributed by atoms with Crippen LogP contribution in [-0.2, 0) is 17.8 Å². The van der Waals surface area contributed by atoms with Crippen molar-refractivity contribution >= 4 is 5.91 Å². The monoisotopic (exact) mass is 415 g/mol. The predicted molar refractivity (Wildman–Crippen MR) is 122 cm³/mol. The lowest BCUT2D eigenvalue weighted by atomic mass is 9.97. The molecule has 160 valence electrons. The van der Waals surface area contributed by atoms with Crippen molar-refractivity contribution in [2.45, 2.75) is 32.4 Å². The van der Waals surface area contributed by atoms with E-state index in [1.165, 1.54) is 5.56 Å². The quantitative estimate of drug-likeness (QED) is 0.493. The summed E-state index contributed by atoms with van der Waals surface area (Å²) in [5.41, 5.74) is 3.38. The Labute approximate surface area is 184 Å². The number of amides is 1. The second kappa shape index (κ2) is 9.69. The molecule has 0 N–H and O–H groups in total. The molecule has 1 aliphatic rings. The van der Waals surface area contributed by atoms with Crippen LogP contribution in [0.2, 0.25) is 0 Å². The highest BCUT2D eigenvalue weighted by atomic mass is 16.5. The van der Waals surface area contributed by atoms with Crippen molar-refractivity contribution in [2.24, 2.45) is 5.92 Å². The van der Waals surface area contributed by atoms with Gasteiger partial charge in [-0.05, 0) is 48.6 Å². The van der Waals surface area contributed by atoms with Crippen molar-refractivity contribution in [1.29, 1.82) is 0 Å². The van der Waals surface area contributed by atoms with Gasteiger partial charge in [0.1, 0.15) is 6.61 Å². The first kappa shape index (κ1) is 21.0. The summed E-state index contributed by atoms with van der Waals surface area (Å²) in [4.78, 5) is 15.1. The SMILES string of the molecule is COc1cc(C[C@H]2CCN([C@@H](C)c3ccccc3)C2=O)ccc1OCc1ccccc1. The molecule has 1 amide bonds. The lowest BCUT2D eigenvalue weighted by Gasteiger charge is -2.25. The van der Waals surface area contributed by atoms with Crippen LogP contribution in [0.25, 0.3) is 0 Å². The minimum atomic E-state index is 0.00644. The van der Waals surface area contributed by atoms with E-state index in [0.717, 1.165) is 24.1 Å². The highest BCUT2D eigenvalue weighted by Gasteiger charge is 2.34. The van der Waals surface area contributed by atoms with Gasteiger partial charge in [0.15, 0.2) is 11.5 Å². The van der Waals surface area contributed by atoms with Crippen molar-refractivity contribution in [3.63, 3.8) is 0 Å². The third-order valence-electron chi connectivity index (χ3n) is 6.05. The Balaban J connectivity index is 1.40. The van der Waals surface area contributed by atoms with Gasteiger partial charge in [-0.25, -0.2) is 0 Å². The van der Waals surface area contributed by atoms with Gasteiger partial charge < -0.3 is 14.4 Å². The van der Waals surface area contributed by atoms with E-state index in [-0.39, 0.29) is 17.9 Å². The van der Waals surface area contributed by atoms with Gasteiger partial charge in [0.25, 0.3) is 0 Å². The molecule has 1 heterocycles.